The zero-order valence-electron chi connectivity index (χ0n) is 6.05. The molecule has 1 fully saturated rings. The van der Waals surface area contributed by atoms with E-state index in [-0.39, 0.29) is 12.2 Å². The van der Waals surface area contributed by atoms with Crippen LogP contribution in [-0.4, -0.2) is 24.4 Å². The molecule has 0 aromatic rings. The van der Waals surface area contributed by atoms with Crippen LogP contribution < -0.4 is 10.9 Å². The first-order chi connectivity index (χ1) is 4.79. The highest BCUT2D eigenvalue weighted by Crippen LogP contribution is 2.04. The Bertz CT molecular complexity index is 139. The molecule has 0 aromatic heterocycles. The molecule has 5 heteroatoms. The molecule has 1 heterocycles. The predicted molar refractivity (Wildman–Crippen MR) is 34.6 cm³/mol. The predicted octanol–water partition coefficient (Wildman–Crippen LogP) is -0.186. The van der Waals surface area contributed by atoms with Crippen molar-refractivity contribution in [3.8, 4) is 0 Å². The number of nitrogens with one attached hydrogen (secondary N) is 2. The van der Waals surface area contributed by atoms with Crippen molar-refractivity contribution in [2.45, 2.75) is 19.5 Å². The van der Waals surface area contributed by atoms with Crippen LogP contribution in [0.5, 0.6) is 0 Å². The molecule has 1 aliphatic heterocycles. The van der Waals surface area contributed by atoms with Crippen LogP contribution >= 0.6 is 0 Å². The fourth-order valence-electron chi connectivity index (χ4n) is 0.878. The number of carbonyl (C=O) groups excluding carboxylic acids is 1. The molecule has 1 atom stereocenters. The Hall–Kier alpha value is -0.810. The average molecular weight is 145 g/mol. The third-order valence-electron chi connectivity index (χ3n) is 1.41. The summed E-state index contributed by atoms with van der Waals surface area (Å²) in [5.41, 5.74) is 5.19. The Morgan fingerprint density at radius 2 is 2.50 bits per heavy atom. The maximum atomic E-state index is 10.8. The second-order valence-corrected chi connectivity index (χ2v) is 2.01. The van der Waals surface area contributed by atoms with Gasteiger partial charge in [0.2, 0.25) is 0 Å². The van der Waals surface area contributed by atoms with Gasteiger partial charge in [-0.25, -0.2) is 10.2 Å². The highest BCUT2D eigenvalue weighted by Gasteiger charge is 2.28. The summed E-state index contributed by atoms with van der Waals surface area (Å²) in [6.07, 6.45) is 0.768. The molecule has 5 nitrogen and oxygen atoms in total. The summed E-state index contributed by atoms with van der Waals surface area (Å²) in [7, 11) is 1.47. The molecule has 10 heavy (non-hydrogen) atoms. The maximum Gasteiger partial charge on any atom is 0.357 e. The van der Waals surface area contributed by atoms with Crippen molar-refractivity contribution < 1.29 is 9.63 Å². The van der Waals surface area contributed by atoms with E-state index in [0.29, 0.717) is 0 Å². The Morgan fingerprint density at radius 3 is 2.90 bits per heavy atom. The van der Waals surface area contributed by atoms with Crippen LogP contribution in [0.4, 0.5) is 4.79 Å². The van der Waals surface area contributed by atoms with Crippen molar-refractivity contribution in [1.82, 2.24) is 15.9 Å². The monoisotopic (exact) mass is 145 g/mol. The Labute approximate surface area is 59.3 Å². The summed E-state index contributed by atoms with van der Waals surface area (Å²) < 4.78 is 0. The molecular formula is C5H11N3O2. The number of rotatable bonds is 2. The van der Waals surface area contributed by atoms with E-state index < -0.39 is 0 Å². The highest BCUT2D eigenvalue weighted by molar-refractivity contribution is 5.74. The number of amides is 2. The molecule has 58 valence electrons. The molecule has 0 bridgehead atoms. The molecule has 1 aliphatic rings. The zero-order valence-corrected chi connectivity index (χ0v) is 6.05. The van der Waals surface area contributed by atoms with Crippen LogP contribution in [-0.2, 0) is 4.84 Å². The lowest BCUT2D eigenvalue weighted by atomic mass is 10.4. The van der Waals surface area contributed by atoms with Gasteiger partial charge in [-0.2, -0.15) is 5.06 Å². The first kappa shape index (κ1) is 7.30. The van der Waals surface area contributed by atoms with Gasteiger partial charge >= 0.3 is 6.03 Å². The van der Waals surface area contributed by atoms with Gasteiger partial charge in [0.15, 0.2) is 0 Å². The van der Waals surface area contributed by atoms with Gasteiger partial charge in [0.1, 0.15) is 6.17 Å². The van der Waals surface area contributed by atoms with E-state index in [0.717, 1.165) is 6.42 Å². The largest absolute Gasteiger partial charge is 0.357 e. The number of hydrazine groups is 1. The van der Waals surface area contributed by atoms with Gasteiger partial charge in [0, 0.05) is 0 Å². The third kappa shape index (κ3) is 1.05. The molecule has 0 aromatic carbocycles. The number of urea groups is 1. The van der Waals surface area contributed by atoms with E-state index in [1.807, 2.05) is 6.92 Å². The van der Waals surface area contributed by atoms with Gasteiger partial charge in [0.25, 0.3) is 0 Å². The van der Waals surface area contributed by atoms with Crippen molar-refractivity contribution >= 4 is 6.03 Å². The van der Waals surface area contributed by atoms with Gasteiger partial charge < -0.3 is 0 Å². The Morgan fingerprint density at radius 1 is 1.80 bits per heavy atom. The van der Waals surface area contributed by atoms with Crippen molar-refractivity contribution in [3.63, 3.8) is 0 Å². The second kappa shape index (κ2) is 2.85. The number of hydroxylamine groups is 2. The van der Waals surface area contributed by atoms with E-state index >= 15 is 0 Å². The smallest absolute Gasteiger partial charge is 0.271 e. The van der Waals surface area contributed by atoms with Gasteiger partial charge in [-0.1, -0.05) is 6.92 Å². The number of hydrogen-bond donors (Lipinski definition) is 2. The summed E-state index contributed by atoms with van der Waals surface area (Å²) >= 11 is 0. The lowest BCUT2D eigenvalue weighted by Crippen LogP contribution is -2.35. The summed E-state index contributed by atoms with van der Waals surface area (Å²) in [4.78, 5) is 15.6. The van der Waals surface area contributed by atoms with Crippen LogP contribution in [0.15, 0.2) is 0 Å². The summed E-state index contributed by atoms with van der Waals surface area (Å²) in [5, 5.41) is 1.26. The second-order valence-electron chi connectivity index (χ2n) is 2.01. The molecule has 1 rings (SSSR count). The fraction of sp³-hybridized carbons (Fsp3) is 0.800. The molecule has 1 saturated heterocycles. The lowest BCUT2D eigenvalue weighted by Gasteiger charge is -2.16. The summed E-state index contributed by atoms with van der Waals surface area (Å²) in [5.74, 6) is 0. The van der Waals surface area contributed by atoms with Crippen LogP contribution in [0.3, 0.4) is 0 Å². The Kier molecular flexibility index (Phi) is 2.08. The molecule has 2 N–H and O–H groups in total. The molecular weight excluding hydrogens is 134 g/mol. The van der Waals surface area contributed by atoms with Crippen LogP contribution in [0, 0.1) is 0 Å². The topological polar surface area (TPSA) is 53.6 Å². The fourth-order valence-corrected chi connectivity index (χ4v) is 0.878. The summed E-state index contributed by atoms with van der Waals surface area (Å²) in [6.45, 7) is 1.96. The van der Waals surface area contributed by atoms with Crippen LogP contribution in [0.25, 0.3) is 0 Å². The number of hydrogen-bond acceptors (Lipinski definition) is 3. The molecule has 0 saturated carbocycles. The van der Waals surface area contributed by atoms with Gasteiger partial charge in [-0.3, -0.25) is 10.3 Å². The number of carbonyl (C=O) groups is 1. The summed E-state index contributed by atoms with van der Waals surface area (Å²) in [6, 6.07) is -0.241. The normalized spacial score (nSPS) is 25.2. The van der Waals surface area contributed by atoms with Gasteiger partial charge in [-0.15, -0.1) is 0 Å². The maximum absolute atomic E-state index is 10.8. The van der Waals surface area contributed by atoms with Gasteiger partial charge in [-0.05, 0) is 6.42 Å². The quantitative estimate of drug-likeness (QED) is 0.566. The van der Waals surface area contributed by atoms with Crippen molar-refractivity contribution in [2.24, 2.45) is 0 Å². The van der Waals surface area contributed by atoms with E-state index in [9.17, 15) is 4.79 Å². The van der Waals surface area contributed by atoms with Crippen LogP contribution in [0.1, 0.15) is 13.3 Å². The van der Waals surface area contributed by atoms with E-state index in [1.165, 1.54) is 12.2 Å². The molecule has 2 amide bonds. The first-order valence-corrected chi connectivity index (χ1v) is 3.18. The molecule has 1 unspecified atom stereocenters. The minimum absolute atomic E-state index is 0.0440. The highest BCUT2D eigenvalue weighted by atomic mass is 16.7. The van der Waals surface area contributed by atoms with E-state index in [2.05, 4.69) is 10.9 Å². The standard InChI is InChI=1S/C5H11N3O2/c1-3-4-6-7-5(9)8(4)10-2/h4,6H,3H2,1-2H3,(H,7,9). The van der Waals surface area contributed by atoms with Crippen LogP contribution in [0.2, 0.25) is 0 Å². The van der Waals surface area contributed by atoms with Crippen molar-refractivity contribution in [2.75, 3.05) is 7.11 Å². The first-order valence-electron chi connectivity index (χ1n) is 3.18. The third-order valence-corrected chi connectivity index (χ3v) is 1.41. The Balaban J connectivity index is 2.54. The molecule has 0 spiro atoms. The molecule has 0 radical (unpaired) electrons. The lowest BCUT2D eigenvalue weighted by molar-refractivity contribution is -0.105. The minimum Gasteiger partial charge on any atom is -0.271 e. The number of nitrogens with zero attached hydrogens (tertiary/aromatic N) is 1. The van der Waals surface area contributed by atoms with E-state index in [4.69, 9.17) is 4.84 Å². The van der Waals surface area contributed by atoms with Crippen molar-refractivity contribution in [3.05, 3.63) is 0 Å². The van der Waals surface area contributed by atoms with E-state index in [1.54, 1.807) is 0 Å². The molecule has 0 aliphatic carbocycles. The zero-order chi connectivity index (χ0) is 7.56. The minimum atomic E-state index is -0.241. The average Bonchev–Trinajstić information content (AvgIpc) is 2.30. The van der Waals surface area contributed by atoms with Crippen molar-refractivity contribution in [1.29, 1.82) is 0 Å². The SMILES string of the molecule is CCC1NNC(=O)N1OC. The van der Waals surface area contributed by atoms with Gasteiger partial charge in [0.05, 0.1) is 7.11 Å².